The summed E-state index contributed by atoms with van der Waals surface area (Å²) >= 11 is 0. The van der Waals surface area contributed by atoms with Crippen molar-refractivity contribution in [3.63, 3.8) is 0 Å². The predicted octanol–water partition coefficient (Wildman–Crippen LogP) is 1.68. The van der Waals surface area contributed by atoms with Crippen LogP contribution in [-0.4, -0.2) is 25.1 Å². The minimum atomic E-state index is -4.52. The Labute approximate surface area is 141 Å². The van der Waals surface area contributed by atoms with E-state index in [1.54, 1.807) is 13.0 Å². The molecule has 25 heavy (non-hydrogen) atoms. The number of ether oxygens (including phenoxy) is 2. The van der Waals surface area contributed by atoms with Gasteiger partial charge in [-0.15, -0.1) is 0 Å². The number of benzene rings is 1. The van der Waals surface area contributed by atoms with Crippen molar-refractivity contribution < 1.29 is 32.2 Å². The molecule has 1 aromatic rings. The molecule has 0 aliphatic carbocycles. The number of hydrogen-bond acceptors (Lipinski definition) is 6. The highest BCUT2D eigenvalue weighted by molar-refractivity contribution is 5.92. The number of rotatable bonds is 7. The molecule has 1 amide bonds. The lowest BCUT2D eigenvalue weighted by Crippen LogP contribution is -2.37. The summed E-state index contributed by atoms with van der Waals surface area (Å²) in [6.07, 6.45) is -3.60. The van der Waals surface area contributed by atoms with Crippen molar-refractivity contribution in [3.05, 3.63) is 41.6 Å². The first-order chi connectivity index (χ1) is 11.8. The Morgan fingerprint density at radius 2 is 2.08 bits per heavy atom. The summed E-state index contributed by atoms with van der Waals surface area (Å²) in [4.78, 5) is 22.8. The highest BCUT2D eigenvalue weighted by Gasteiger charge is 2.30. The van der Waals surface area contributed by atoms with Crippen LogP contribution in [0.5, 0.6) is 5.75 Å². The minimum absolute atomic E-state index is 0.0784. The smallest absolute Gasteiger partial charge is 0.416 e. The Morgan fingerprint density at radius 1 is 1.36 bits per heavy atom. The van der Waals surface area contributed by atoms with Crippen LogP contribution in [0.4, 0.5) is 13.2 Å². The zero-order valence-corrected chi connectivity index (χ0v) is 13.0. The van der Waals surface area contributed by atoms with Crippen LogP contribution in [0, 0.1) is 11.3 Å². The number of hydrogen-bond donors (Lipinski definition) is 2. The van der Waals surface area contributed by atoms with Crippen molar-refractivity contribution in [3.8, 4) is 11.8 Å². The van der Waals surface area contributed by atoms with E-state index in [2.05, 4.69) is 15.6 Å². The topological polar surface area (TPSA) is 100 Å². The second-order valence-corrected chi connectivity index (χ2v) is 4.40. The van der Waals surface area contributed by atoms with Crippen LogP contribution in [0.1, 0.15) is 12.5 Å². The molecule has 0 fully saturated rings. The van der Waals surface area contributed by atoms with Gasteiger partial charge in [-0.3, -0.25) is 10.2 Å². The number of carbonyl (C=O) groups is 2. The molecule has 7 nitrogen and oxygen atoms in total. The number of esters is 1. The Hall–Kier alpha value is -3.22. The highest BCUT2D eigenvalue weighted by atomic mass is 19.4. The number of amides is 1. The first-order valence-corrected chi connectivity index (χ1v) is 6.89. The van der Waals surface area contributed by atoms with Crippen LogP contribution < -0.4 is 15.6 Å². The monoisotopic (exact) mass is 357 g/mol. The SMILES string of the molecule is CCOC(=O)/C(C#N)=C/NNC(=O)COc1cccc(C(F)(F)F)c1. The molecule has 0 saturated heterocycles. The summed E-state index contributed by atoms with van der Waals surface area (Å²) in [7, 11) is 0. The summed E-state index contributed by atoms with van der Waals surface area (Å²) in [5.41, 5.74) is 3.01. The number of nitrogens with zero attached hydrogens (tertiary/aromatic N) is 1. The quantitative estimate of drug-likeness (QED) is 0.333. The second-order valence-electron chi connectivity index (χ2n) is 4.40. The van der Waals surface area contributed by atoms with Crippen LogP contribution in [0.25, 0.3) is 0 Å². The molecule has 0 aliphatic heterocycles. The Bertz CT molecular complexity index is 696. The third-order valence-electron chi connectivity index (χ3n) is 2.58. The van der Waals surface area contributed by atoms with Gasteiger partial charge in [0.1, 0.15) is 11.8 Å². The number of carbonyl (C=O) groups excluding carboxylic acids is 2. The van der Waals surface area contributed by atoms with E-state index in [0.29, 0.717) is 0 Å². The summed E-state index contributed by atoms with van der Waals surface area (Å²) < 4.78 is 47.2. The number of nitriles is 1. The Morgan fingerprint density at radius 3 is 2.68 bits per heavy atom. The van der Waals surface area contributed by atoms with Gasteiger partial charge in [0.25, 0.3) is 5.91 Å². The normalized spacial score (nSPS) is 11.2. The van der Waals surface area contributed by atoms with E-state index in [4.69, 9.17) is 10.00 Å². The van der Waals surface area contributed by atoms with Crippen molar-refractivity contribution in [2.24, 2.45) is 0 Å². The third kappa shape index (κ3) is 6.82. The van der Waals surface area contributed by atoms with Crippen molar-refractivity contribution in [1.82, 2.24) is 10.9 Å². The Balaban J connectivity index is 2.51. The maximum atomic E-state index is 12.5. The minimum Gasteiger partial charge on any atom is -0.484 e. The average Bonchev–Trinajstić information content (AvgIpc) is 2.56. The zero-order valence-electron chi connectivity index (χ0n) is 13.0. The van der Waals surface area contributed by atoms with E-state index >= 15 is 0 Å². The van der Waals surface area contributed by atoms with Gasteiger partial charge in [0, 0.05) is 6.20 Å². The summed E-state index contributed by atoms with van der Waals surface area (Å²) in [6, 6.07) is 5.62. The summed E-state index contributed by atoms with van der Waals surface area (Å²) in [5.74, 6) is -1.74. The van der Waals surface area contributed by atoms with Gasteiger partial charge >= 0.3 is 12.1 Å². The number of alkyl halides is 3. The number of hydrazine groups is 1. The van der Waals surface area contributed by atoms with E-state index in [1.807, 2.05) is 0 Å². The van der Waals surface area contributed by atoms with Crippen LogP contribution in [0.3, 0.4) is 0 Å². The van der Waals surface area contributed by atoms with Crippen LogP contribution in [-0.2, 0) is 20.5 Å². The number of halogens is 3. The van der Waals surface area contributed by atoms with E-state index in [1.165, 1.54) is 6.07 Å². The molecular formula is C15H14F3N3O4. The molecule has 0 atom stereocenters. The molecule has 2 N–H and O–H groups in total. The fourth-order valence-corrected chi connectivity index (χ4v) is 1.48. The lowest BCUT2D eigenvalue weighted by molar-refractivity contribution is -0.138. The van der Waals surface area contributed by atoms with Gasteiger partial charge < -0.3 is 14.9 Å². The molecule has 1 rings (SSSR count). The van der Waals surface area contributed by atoms with Crippen LogP contribution >= 0.6 is 0 Å². The van der Waals surface area contributed by atoms with Gasteiger partial charge in [0.2, 0.25) is 0 Å². The molecule has 0 bridgehead atoms. The molecular weight excluding hydrogens is 343 g/mol. The van der Waals surface area contributed by atoms with E-state index in [9.17, 15) is 22.8 Å². The molecule has 0 heterocycles. The maximum Gasteiger partial charge on any atom is 0.416 e. The third-order valence-corrected chi connectivity index (χ3v) is 2.58. The van der Waals surface area contributed by atoms with Gasteiger partial charge in [-0.05, 0) is 25.1 Å². The predicted molar refractivity (Wildman–Crippen MR) is 78.5 cm³/mol. The Kier molecular flexibility index (Phi) is 7.27. The molecule has 0 aliphatic rings. The standard InChI is InChI=1S/C15H14F3N3O4/c1-2-24-14(23)10(7-19)8-20-21-13(22)9-25-12-5-3-4-11(6-12)15(16,17)18/h3-6,8,20H,2,9H2,1H3,(H,21,22)/b10-8+. The van der Waals surface area contributed by atoms with Crippen molar-refractivity contribution in [2.75, 3.05) is 13.2 Å². The summed E-state index contributed by atoms with van der Waals surface area (Å²) in [6.45, 7) is 1.06. The maximum absolute atomic E-state index is 12.5. The van der Waals surface area contributed by atoms with E-state index in [0.717, 1.165) is 24.4 Å². The largest absolute Gasteiger partial charge is 0.484 e. The highest BCUT2D eigenvalue weighted by Crippen LogP contribution is 2.31. The molecule has 0 radical (unpaired) electrons. The molecule has 0 unspecified atom stereocenters. The molecule has 0 aromatic heterocycles. The second kappa shape index (κ2) is 9.17. The van der Waals surface area contributed by atoms with Gasteiger partial charge in [-0.25, -0.2) is 4.79 Å². The van der Waals surface area contributed by atoms with Gasteiger partial charge in [0.05, 0.1) is 12.2 Å². The first kappa shape index (κ1) is 19.8. The average molecular weight is 357 g/mol. The van der Waals surface area contributed by atoms with Gasteiger partial charge in [0.15, 0.2) is 12.2 Å². The van der Waals surface area contributed by atoms with Crippen LogP contribution in [0.2, 0.25) is 0 Å². The fraction of sp³-hybridized carbons (Fsp3) is 0.267. The molecule has 134 valence electrons. The zero-order chi connectivity index (χ0) is 18.9. The molecule has 0 saturated carbocycles. The van der Waals surface area contributed by atoms with Crippen molar-refractivity contribution >= 4 is 11.9 Å². The van der Waals surface area contributed by atoms with Crippen LogP contribution in [0.15, 0.2) is 36.0 Å². The first-order valence-electron chi connectivity index (χ1n) is 6.89. The summed E-state index contributed by atoms with van der Waals surface area (Å²) in [5, 5.41) is 8.74. The van der Waals surface area contributed by atoms with E-state index in [-0.39, 0.29) is 17.9 Å². The van der Waals surface area contributed by atoms with Gasteiger partial charge in [-0.1, -0.05) is 6.07 Å². The lowest BCUT2D eigenvalue weighted by Gasteiger charge is -2.10. The fourth-order valence-electron chi connectivity index (χ4n) is 1.48. The van der Waals surface area contributed by atoms with E-state index < -0.39 is 30.2 Å². The van der Waals surface area contributed by atoms with Crippen molar-refractivity contribution in [1.29, 1.82) is 5.26 Å². The molecule has 0 spiro atoms. The van der Waals surface area contributed by atoms with Gasteiger partial charge in [-0.2, -0.15) is 18.4 Å². The molecule has 1 aromatic carbocycles. The molecule has 10 heteroatoms. The van der Waals surface area contributed by atoms with Crippen molar-refractivity contribution in [2.45, 2.75) is 13.1 Å². The lowest BCUT2D eigenvalue weighted by atomic mass is 10.2. The number of nitrogens with one attached hydrogen (secondary N) is 2.